The second kappa shape index (κ2) is 6.71. The Hall–Kier alpha value is -1.35. The summed E-state index contributed by atoms with van der Waals surface area (Å²) < 4.78 is 32.7. The summed E-state index contributed by atoms with van der Waals surface area (Å²) in [6.45, 7) is 1.92. The van der Waals surface area contributed by atoms with Crippen LogP contribution in [0.2, 0.25) is 0 Å². The average Bonchev–Trinajstić information content (AvgIpc) is 2.26. The minimum Gasteiger partial charge on any atom is -0.267 e. The molecule has 0 unspecified atom stereocenters. The molecular formula is C11H10ClNO5S. The highest BCUT2D eigenvalue weighted by molar-refractivity contribution is 7.14. The number of aromatic nitrogens is 1. The molecule has 0 bridgehead atoms. The number of hydrogen-bond acceptors (Lipinski definition) is 7. The second-order valence-corrected chi connectivity index (χ2v) is 5.40. The lowest BCUT2D eigenvalue weighted by molar-refractivity contribution is -1.92. The van der Waals surface area contributed by atoms with E-state index in [1.807, 2.05) is 37.3 Å². The van der Waals surface area contributed by atoms with Gasteiger partial charge in [0.2, 0.25) is 0 Å². The third-order valence-corrected chi connectivity index (χ3v) is 2.78. The van der Waals surface area contributed by atoms with Crippen LogP contribution in [-0.4, -0.2) is 9.64 Å². The van der Waals surface area contributed by atoms with Gasteiger partial charge >= 0.3 is 0 Å². The molecule has 0 aliphatic carbocycles. The molecular weight excluding hydrogens is 294 g/mol. The summed E-state index contributed by atoms with van der Waals surface area (Å²) >= 11 is 1.53. The Morgan fingerprint density at radius 2 is 1.74 bits per heavy atom. The average molecular weight is 304 g/mol. The fourth-order valence-corrected chi connectivity index (χ4v) is 2.07. The molecule has 102 valence electrons. The maximum absolute atomic E-state index is 11.2. The highest BCUT2D eigenvalue weighted by Crippen LogP contribution is 2.20. The van der Waals surface area contributed by atoms with Crippen molar-refractivity contribution in [2.75, 3.05) is 0 Å². The van der Waals surface area contributed by atoms with Crippen LogP contribution in [0, 0.1) is 17.2 Å². The second-order valence-electron chi connectivity index (χ2n) is 3.37. The van der Waals surface area contributed by atoms with Crippen LogP contribution in [-0.2, 0) is 0 Å². The summed E-state index contributed by atoms with van der Waals surface area (Å²) in [7, 11) is -4.69. The van der Waals surface area contributed by atoms with E-state index in [0.29, 0.717) is 0 Å². The Kier molecular flexibility index (Phi) is 5.55. The number of nitrogens with zero attached hydrogens (tertiary/aromatic N) is 1. The summed E-state index contributed by atoms with van der Waals surface area (Å²) in [5.41, 5.74) is 0.832. The molecule has 1 N–H and O–H groups in total. The van der Waals surface area contributed by atoms with Crippen LogP contribution in [0.5, 0.6) is 0 Å². The molecule has 2 rings (SSSR count). The van der Waals surface area contributed by atoms with Crippen molar-refractivity contribution in [2.24, 2.45) is 0 Å². The maximum Gasteiger partial charge on any atom is 0.272 e. The number of benzene rings is 1. The fraction of sp³-hybridized carbons (Fsp3) is 0.0909. The summed E-state index contributed by atoms with van der Waals surface area (Å²) in [6, 6.07) is 11.3. The van der Waals surface area contributed by atoms with Gasteiger partial charge in [0.15, 0.2) is 0 Å². The number of halogens is 1. The van der Waals surface area contributed by atoms with E-state index in [2.05, 4.69) is 4.98 Å². The van der Waals surface area contributed by atoms with Gasteiger partial charge < -0.3 is 0 Å². The number of rotatable bonds is 1. The van der Waals surface area contributed by atoms with Crippen molar-refractivity contribution in [1.82, 2.24) is 4.98 Å². The molecule has 0 saturated heterocycles. The smallest absolute Gasteiger partial charge is 0.267 e. The lowest BCUT2D eigenvalue weighted by atomic mass is 10.2. The molecule has 8 heteroatoms. The van der Waals surface area contributed by atoms with E-state index in [0.717, 1.165) is 15.4 Å². The first-order chi connectivity index (χ1) is 8.75. The highest BCUT2D eigenvalue weighted by Gasteiger charge is 2.01. The predicted molar refractivity (Wildman–Crippen MR) is 60.8 cm³/mol. The van der Waals surface area contributed by atoms with Gasteiger partial charge in [-0.3, -0.25) is 4.79 Å². The first-order valence-electron chi connectivity index (χ1n) is 4.93. The van der Waals surface area contributed by atoms with Crippen molar-refractivity contribution >= 4 is 11.3 Å². The molecule has 2 aromatic rings. The normalized spacial score (nSPS) is 10.6. The van der Waals surface area contributed by atoms with E-state index in [-0.39, 0.29) is 5.56 Å². The van der Waals surface area contributed by atoms with E-state index in [4.69, 9.17) is 18.6 Å². The van der Waals surface area contributed by atoms with E-state index in [9.17, 15) is 4.79 Å². The van der Waals surface area contributed by atoms with Gasteiger partial charge in [-0.15, -0.1) is 11.3 Å². The summed E-state index contributed by atoms with van der Waals surface area (Å²) in [5, 5.41) is 0.788. The molecule has 6 nitrogen and oxygen atoms in total. The van der Waals surface area contributed by atoms with Gasteiger partial charge in [-0.2, -0.15) is 19.0 Å². The Morgan fingerprint density at radius 1 is 1.21 bits per heavy atom. The van der Waals surface area contributed by atoms with Gasteiger partial charge in [0.1, 0.15) is 5.01 Å². The topological polar surface area (TPSA) is 119 Å². The first-order valence-corrected chi connectivity index (χ1v) is 7.01. The van der Waals surface area contributed by atoms with E-state index in [1.165, 1.54) is 11.3 Å². The van der Waals surface area contributed by atoms with Crippen LogP contribution < -0.4 is 19.5 Å². The van der Waals surface area contributed by atoms with Crippen LogP contribution in [0.4, 0.5) is 0 Å². The SMILES string of the molecule is Cc1cc(=O)nc(-c2ccccc2)s1.[O-][Cl+3]([O-])([O-])O. The minimum absolute atomic E-state index is 0.167. The van der Waals surface area contributed by atoms with Crippen molar-refractivity contribution < 1.29 is 28.9 Å². The Morgan fingerprint density at radius 3 is 2.21 bits per heavy atom. The minimum atomic E-state index is -4.69. The standard InChI is InChI=1S/C11H9NOS.ClHO4/c1-8-7-10(13)12-11(14-8)9-5-3-2-4-6-9;2-1(3,4)5/h2-7H,1H3;(H,2,3,4,5). The van der Waals surface area contributed by atoms with Gasteiger partial charge in [-0.1, -0.05) is 30.3 Å². The van der Waals surface area contributed by atoms with Crippen molar-refractivity contribution in [1.29, 1.82) is 0 Å². The molecule has 0 fully saturated rings. The van der Waals surface area contributed by atoms with Crippen molar-refractivity contribution in [3.05, 3.63) is 51.6 Å². The monoisotopic (exact) mass is 303 g/mol. The van der Waals surface area contributed by atoms with Crippen LogP contribution in [0.25, 0.3) is 10.6 Å². The summed E-state index contributed by atoms with van der Waals surface area (Å²) in [4.78, 5) is 16.1. The predicted octanol–water partition coefficient (Wildman–Crippen LogP) is -1.65. The zero-order valence-electron chi connectivity index (χ0n) is 9.78. The zero-order valence-corrected chi connectivity index (χ0v) is 11.4. The zero-order chi connectivity index (χ0) is 14.5. The fourth-order valence-electron chi connectivity index (χ4n) is 1.22. The lowest BCUT2D eigenvalue weighted by Crippen LogP contribution is -2.58. The molecule has 0 atom stereocenters. The summed E-state index contributed by atoms with van der Waals surface area (Å²) in [5.74, 6) is 0. The van der Waals surface area contributed by atoms with Crippen molar-refractivity contribution in [3.8, 4) is 10.6 Å². The van der Waals surface area contributed by atoms with Crippen molar-refractivity contribution in [2.45, 2.75) is 6.92 Å². The van der Waals surface area contributed by atoms with Gasteiger partial charge in [-0.25, -0.2) is 0 Å². The summed E-state index contributed by atoms with van der Waals surface area (Å²) in [6.07, 6.45) is 0. The van der Waals surface area contributed by atoms with E-state index in [1.54, 1.807) is 6.07 Å². The van der Waals surface area contributed by atoms with Gasteiger partial charge in [0.25, 0.3) is 5.56 Å². The van der Waals surface area contributed by atoms with Crippen LogP contribution in [0.3, 0.4) is 0 Å². The van der Waals surface area contributed by atoms with E-state index < -0.39 is 10.2 Å². The molecule has 0 spiro atoms. The molecule has 0 aliphatic rings. The third-order valence-electron chi connectivity index (χ3n) is 1.82. The number of aryl methyl sites for hydroxylation is 1. The van der Waals surface area contributed by atoms with Crippen LogP contribution in [0.15, 0.2) is 41.2 Å². The largest absolute Gasteiger partial charge is 0.272 e. The molecule has 0 radical (unpaired) electrons. The molecule has 19 heavy (non-hydrogen) atoms. The Bertz CT molecular complexity index is 576. The molecule has 0 amide bonds. The Labute approximate surface area is 115 Å². The molecule has 1 aromatic carbocycles. The number of hydrogen-bond donors (Lipinski definition) is 1. The molecule has 0 aliphatic heterocycles. The van der Waals surface area contributed by atoms with Gasteiger partial charge in [0.05, 0.1) is 14.9 Å². The van der Waals surface area contributed by atoms with Crippen LogP contribution >= 0.6 is 11.3 Å². The van der Waals surface area contributed by atoms with Gasteiger partial charge in [-0.05, 0) is 6.92 Å². The van der Waals surface area contributed by atoms with E-state index >= 15 is 0 Å². The third kappa shape index (κ3) is 6.97. The molecule has 1 aromatic heterocycles. The molecule has 1 heterocycles. The van der Waals surface area contributed by atoms with Crippen LogP contribution in [0.1, 0.15) is 4.88 Å². The Balaban J connectivity index is 0.000000312. The maximum atomic E-state index is 11.2. The lowest BCUT2D eigenvalue weighted by Gasteiger charge is -2.03. The van der Waals surface area contributed by atoms with Gasteiger partial charge in [0, 0.05) is 16.5 Å². The first kappa shape index (κ1) is 15.7. The highest BCUT2D eigenvalue weighted by atomic mass is 35.7. The molecule has 0 saturated carbocycles. The quantitative estimate of drug-likeness (QED) is 0.674. The van der Waals surface area contributed by atoms with Crippen molar-refractivity contribution in [3.63, 3.8) is 0 Å².